The van der Waals surface area contributed by atoms with Crippen LogP contribution in [0.1, 0.15) is 24.3 Å². The van der Waals surface area contributed by atoms with Crippen LogP contribution in [0.5, 0.6) is 0 Å². The fraction of sp³-hybridized carbons (Fsp3) is 0.375. The molecule has 0 aliphatic carbocycles. The molecule has 2 atom stereocenters. The van der Waals surface area contributed by atoms with Gasteiger partial charge in [-0.25, -0.2) is 4.68 Å². The molecule has 0 radical (unpaired) electrons. The molecule has 0 bridgehead atoms. The van der Waals surface area contributed by atoms with E-state index in [1.54, 1.807) is 35.4 Å². The Kier molecular flexibility index (Phi) is 4.30. The number of hydrogen-bond donors (Lipinski definition) is 1. The number of para-hydroxylation sites is 2. The molecule has 1 amide bonds. The van der Waals surface area contributed by atoms with E-state index in [0.717, 1.165) is 6.54 Å². The van der Waals surface area contributed by atoms with Crippen molar-refractivity contribution in [2.45, 2.75) is 25.9 Å². The lowest BCUT2D eigenvalue weighted by Crippen LogP contribution is -2.56. The van der Waals surface area contributed by atoms with Crippen LogP contribution >= 0.6 is 0 Å². The van der Waals surface area contributed by atoms with Crippen LogP contribution in [0.2, 0.25) is 0 Å². The second-order valence-corrected chi connectivity index (χ2v) is 6.01. The normalized spacial score (nSPS) is 20.8. The van der Waals surface area contributed by atoms with Crippen molar-refractivity contribution in [3.63, 3.8) is 0 Å². The Bertz CT molecular complexity index is 773. The zero-order valence-corrected chi connectivity index (χ0v) is 13.5. The summed E-state index contributed by atoms with van der Waals surface area (Å²) in [6, 6.07) is 8.21. The summed E-state index contributed by atoms with van der Waals surface area (Å²) in [5.41, 5.74) is 0.571. The summed E-state index contributed by atoms with van der Waals surface area (Å²) in [7, 11) is 0. The van der Waals surface area contributed by atoms with Crippen molar-refractivity contribution in [3.8, 4) is 5.69 Å². The Hall–Kier alpha value is -2.74. The van der Waals surface area contributed by atoms with E-state index in [1.165, 1.54) is 10.7 Å². The number of aromatic nitrogens is 2. The van der Waals surface area contributed by atoms with E-state index in [2.05, 4.69) is 10.4 Å². The number of piperazine rings is 1. The number of carbonyl (C=O) groups is 1. The minimum absolute atomic E-state index is 0.0521. The number of carbonyl (C=O) groups excluding carboxylic acids is 1. The first-order chi connectivity index (χ1) is 11.5. The predicted octanol–water partition coefficient (Wildman–Crippen LogP) is 1.60. The maximum absolute atomic E-state index is 12.7. The van der Waals surface area contributed by atoms with Crippen molar-refractivity contribution >= 4 is 11.6 Å². The third kappa shape index (κ3) is 3.00. The Morgan fingerprint density at radius 3 is 2.83 bits per heavy atom. The summed E-state index contributed by atoms with van der Waals surface area (Å²) in [5.74, 6) is -0.159. The molecule has 3 rings (SSSR count). The molecule has 2 aromatic rings. The van der Waals surface area contributed by atoms with Gasteiger partial charge in [-0.15, -0.1) is 0 Å². The van der Waals surface area contributed by atoms with Crippen molar-refractivity contribution in [2.24, 2.45) is 0 Å². The molecule has 8 heteroatoms. The lowest BCUT2D eigenvalue weighted by Gasteiger charge is -2.37. The predicted molar refractivity (Wildman–Crippen MR) is 88.2 cm³/mol. The van der Waals surface area contributed by atoms with E-state index in [1.807, 2.05) is 13.8 Å². The lowest BCUT2D eigenvalue weighted by atomic mass is 10.1. The van der Waals surface area contributed by atoms with Crippen molar-refractivity contribution in [1.82, 2.24) is 20.0 Å². The topological polar surface area (TPSA) is 93.3 Å². The summed E-state index contributed by atoms with van der Waals surface area (Å²) >= 11 is 0. The maximum Gasteiger partial charge on any atom is 0.294 e. The second kappa shape index (κ2) is 6.40. The van der Waals surface area contributed by atoms with E-state index in [0.29, 0.717) is 12.2 Å². The van der Waals surface area contributed by atoms with Gasteiger partial charge in [-0.1, -0.05) is 12.1 Å². The van der Waals surface area contributed by atoms with E-state index in [9.17, 15) is 14.9 Å². The molecule has 126 valence electrons. The highest BCUT2D eigenvalue weighted by atomic mass is 16.6. The van der Waals surface area contributed by atoms with Gasteiger partial charge in [0, 0.05) is 37.4 Å². The summed E-state index contributed by atoms with van der Waals surface area (Å²) in [5, 5.41) is 18.7. The van der Waals surface area contributed by atoms with Gasteiger partial charge >= 0.3 is 0 Å². The number of nitrogens with zero attached hydrogens (tertiary/aromatic N) is 4. The SMILES string of the molecule is CC1CN(C(=O)c2ccn(-c3ccccc3[N+](=O)[O-])n2)C(C)CN1. The molecule has 1 N–H and O–H groups in total. The number of nitro groups is 1. The molecule has 1 saturated heterocycles. The van der Waals surface area contributed by atoms with E-state index in [4.69, 9.17) is 0 Å². The molecule has 1 aromatic carbocycles. The van der Waals surface area contributed by atoms with E-state index in [-0.39, 0.29) is 29.4 Å². The van der Waals surface area contributed by atoms with Crippen LogP contribution in [0.4, 0.5) is 5.69 Å². The number of nitro benzene ring substituents is 1. The van der Waals surface area contributed by atoms with Gasteiger partial charge < -0.3 is 10.2 Å². The van der Waals surface area contributed by atoms with Gasteiger partial charge in [0.1, 0.15) is 5.69 Å². The number of benzene rings is 1. The number of nitrogens with one attached hydrogen (secondary N) is 1. The molecule has 2 heterocycles. The van der Waals surface area contributed by atoms with Crippen LogP contribution in [0.3, 0.4) is 0 Å². The molecule has 2 unspecified atom stereocenters. The van der Waals surface area contributed by atoms with Crippen LogP contribution < -0.4 is 5.32 Å². The van der Waals surface area contributed by atoms with Gasteiger partial charge in [0.2, 0.25) is 0 Å². The van der Waals surface area contributed by atoms with Crippen molar-refractivity contribution < 1.29 is 9.72 Å². The summed E-state index contributed by atoms with van der Waals surface area (Å²) in [4.78, 5) is 25.2. The minimum atomic E-state index is -0.460. The fourth-order valence-electron chi connectivity index (χ4n) is 2.84. The molecular formula is C16H19N5O3. The van der Waals surface area contributed by atoms with Gasteiger partial charge in [-0.05, 0) is 26.0 Å². The standard InChI is InChI=1S/C16H19N5O3/c1-11-10-19(12(2)9-17-11)16(22)13-7-8-20(18-13)14-5-3-4-6-15(14)21(23)24/h3-8,11-12,17H,9-10H2,1-2H3. The van der Waals surface area contributed by atoms with Gasteiger partial charge in [-0.3, -0.25) is 14.9 Å². The van der Waals surface area contributed by atoms with Crippen LogP contribution in [0, 0.1) is 10.1 Å². The Balaban J connectivity index is 1.88. The maximum atomic E-state index is 12.7. The molecule has 1 fully saturated rings. The first kappa shape index (κ1) is 16.1. The minimum Gasteiger partial charge on any atom is -0.332 e. The fourth-order valence-corrected chi connectivity index (χ4v) is 2.84. The quantitative estimate of drug-likeness (QED) is 0.682. The average Bonchev–Trinajstić information content (AvgIpc) is 3.06. The zero-order chi connectivity index (χ0) is 17.3. The second-order valence-electron chi connectivity index (χ2n) is 6.01. The third-order valence-electron chi connectivity index (χ3n) is 4.16. The van der Waals surface area contributed by atoms with Crippen LogP contribution in [0.15, 0.2) is 36.5 Å². The molecule has 8 nitrogen and oxygen atoms in total. The van der Waals surface area contributed by atoms with E-state index >= 15 is 0 Å². The highest BCUT2D eigenvalue weighted by Crippen LogP contribution is 2.22. The number of hydrogen-bond acceptors (Lipinski definition) is 5. The van der Waals surface area contributed by atoms with Gasteiger partial charge in [0.15, 0.2) is 5.69 Å². The molecule has 0 saturated carbocycles. The Labute approximate surface area is 139 Å². The van der Waals surface area contributed by atoms with Crippen molar-refractivity contribution in [2.75, 3.05) is 13.1 Å². The van der Waals surface area contributed by atoms with Crippen molar-refractivity contribution in [3.05, 3.63) is 52.3 Å². The highest BCUT2D eigenvalue weighted by Gasteiger charge is 2.29. The lowest BCUT2D eigenvalue weighted by molar-refractivity contribution is -0.384. The molecule has 1 aliphatic rings. The first-order valence-electron chi connectivity index (χ1n) is 7.81. The van der Waals surface area contributed by atoms with Crippen molar-refractivity contribution in [1.29, 1.82) is 0 Å². The first-order valence-corrected chi connectivity index (χ1v) is 7.81. The summed E-state index contributed by atoms with van der Waals surface area (Å²) in [6.45, 7) is 5.35. The summed E-state index contributed by atoms with van der Waals surface area (Å²) < 4.78 is 1.38. The smallest absolute Gasteiger partial charge is 0.294 e. The van der Waals surface area contributed by atoms with Crippen LogP contribution in [0.25, 0.3) is 5.69 Å². The highest BCUT2D eigenvalue weighted by molar-refractivity contribution is 5.92. The summed E-state index contributed by atoms with van der Waals surface area (Å²) in [6.07, 6.45) is 1.58. The largest absolute Gasteiger partial charge is 0.332 e. The van der Waals surface area contributed by atoms with E-state index < -0.39 is 4.92 Å². The molecular weight excluding hydrogens is 310 g/mol. The average molecular weight is 329 g/mol. The molecule has 24 heavy (non-hydrogen) atoms. The van der Waals surface area contributed by atoms with Crippen LogP contribution in [-0.4, -0.2) is 50.7 Å². The monoisotopic (exact) mass is 329 g/mol. The molecule has 0 spiro atoms. The zero-order valence-electron chi connectivity index (χ0n) is 13.5. The number of rotatable bonds is 3. The van der Waals surface area contributed by atoms with Gasteiger partial charge in [-0.2, -0.15) is 5.10 Å². The van der Waals surface area contributed by atoms with Crippen LogP contribution in [-0.2, 0) is 0 Å². The molecule has 1 aromatic heterocycles. The Morgan fingerprint density at radius 1 is 1.33 bits per heavy atom. The van der Waals surface area contributed by atoms with Gasteiger partial charge in [0.25, 0.3) is 11.6 Å². The third-order valence-corrected chi connectivity index (χ3v) is 4.16. The molecule has 1 aliphatic heterocycles. The Morgan fingerprint density at radius 2 is 2.08 bits per heavy atom. The van der Waals surface area contributed by atoms with Gasteiger partial charge in [0.05, 0.1) is 4.92 Å². The number of amides is 1.